The second-order valence-corrected chi connectivity index (χ2v) is 10.7. The summed E-state index contributed by atoms with van der Waals surface area (Å²) in [7, 11) is 3.25. The van der Waals surface area contributed by atoms with E-state index in [0.717, 1.165) is 41.9 Å². The Kier molecular flexibility index (Phi) is 5.82. The van der Waals surface area contributed by atoms with Crippen molar-refractivity contribution in [3.63, 3.8) is 0 Å². The van der Waals surface area contributed by atoms with Crippen molar-refractivity contribution >= 4 is 27.1 Å². The van der Waals surface area contributed by atoms with Crippen LogP contribution in [0.3, 0.4) is 0 Å². The Bertz CT molecular complexity index is 1270. The first-order chi connectivity index (χ1) is 17.3. The molecule has 1 saturated heterocycles. The predicted octanol–water partition coefficient (Wildman–Crippen LogP) is 6.52. The normalized spacial score (nSPS) is 26.3. The highest BCUT2D eigenvalue weighted by Crippen LogP contribution is 2.53. The standard InChI is InChI=1S/C26H28F3N3O3S/c1-33-20-9-5-17(23(12-20)34-2)14-31-25(13-16-3-6-18(25)7-4-16)35-30-32(31)19-8-10-21-22(26(27,28)29)15-36-24(21)11-19/h5,8-12,15-16,18,30H,3-4,6-7,13-14H2,1-2H3. The van der Waals surface area contributed by atoms with E-state index in [2.05, 4.69) is 10.6 Å². The van der Waals surface area contributed by atoms with E-state index < -0.39 is 17.5 Å². The number of methoxy groups -OCH3 is 2. The molecule has 3 saturated carbocycles. The first kappa shape index (κ1) is 23.8. The molecule has 1 N–H and O–H groups in total. The van der Waals surface area contributed by atoms with Crippen molar-refractivity contribution in [1.82, 2.24) is 10.6 Å². The van der Waals surface area contributed by atoms with Gasteiger partial charge in [-0.1, -0.05) is 17.7 Å². The van der Waals surface area contributed by atoms with E-state index in [4.69, 9.17) is 14.3 Å². The van der Waals surface area contributed by atoms with E-state index in [1.165, 1.54) is 18.2 Å². The number of benzene rings is 2. The SMILES string of the molecule is COc1ccc(CN2N(c3ccc4c(C(F)(F)F)csc4c3)NOC23CC2CCC3CC2)c(OC)c1. The van der Waals surface area contributed by atoms with Gasteiger partial charge in [-0.15, -0.1) is 11.3 Å². The van der Waals surface area contributed by atoms with Gasteiger partial charge in [-0.05, 0) is 56.2 Å². The highest BCUT2D eigenvalue weighted by Gasteiger charge is 2.58. The number of hydrogen-bond donors (Lipinski definition) is 1. The summed E-state index contributed by atoms with van der Waals surface area (Å²) in [4.78, 5) is 6.42. The molecule has 4 fully saturated rings. The predicted molar refractivity (Wildman–Crippen MR) is 131 cm³/mol. The van der Waals surface area contributed by atoms with E-state index >= 15 is 0 Å². The van der Waals surface area contributed by atoms with E-state index in [0.29, 0.717) is 34.6 Å². The van der Waals surface area contributed by atoms with Gasteiger partial charge in [0.1, 0.15) is 11.5 Å². The molecule has 3 aromatic rings. The lowest BCUT2D eigenvalue weighted by molar-refractivity contribution is -0.201. The van der Waals surface area contributed by atoms with Gasteiger partial charge in [0.05, 0.1) is 32.0 Å². The molecule has 1 aliphatic heterocycles. The molecule has 0 radical (unpaired) electrons. The Hall–Kier alpha value is -2.53. The average molecular weight is 520 g/mol. The Morgan fingerprint density at radius 3 is 2.56 bits per heavy atom. The molecule has 2 aromatic carbocycles. The Balaban J connectivity index is 1.40. The first-order valence-electron chi connectivity index (χ1n) is 12.1. The number of nitrogens with one attached hydrogen (secondary N) is 1. The summed E-state index contributed by atoms with van der Waals surface area (Å²) >= 11 is 1.10. The second-order valence-electron chi connectivity index (χ2n) is 9.83. The maximum Gasteiger partial charge on any atom is 0.417 e. The lowest BCUT2D eigenvalue weighted by Crippen LogP contribution is -2.59. The lowest BCUT2D eigenvalue weighted by Gasteiger charge is -2.51. The van der Waals surface area contributed by atoms with Crippen LogP contribution in [0.1, 0.15) is 43.2 Å². The van der Waals surface area contributed by atoms with Gasteiger partial charge in [0, 0.05) is 33.0 Å². The van der Waals surface area contributed by atoms with Crippen molar-refractivity contribution < 1.29 is 27.5 Å². The maximum atomic E-state index is 13.4. The molecule has 2 heterocycles. The van der Waals surface area contributed by atoms with Crippen molar-refractivity contribution in [3.8, 4) is 11.5 Å². The highest BCUT2D eigenvalue weighted by atomic mass is 32.1. The summed E-state index contributed by atoms with van der Waals surface area (Å²) in [6.45, 7) is 0.500. The van der Waals surface area contributed by atoms with Crippen LogP contribution in [0.4, 0.5) is 18.9 Å². The third-order valence-corrected chi connectivity index (χ3v) is 8.92. The summed E-state index contributed by atoms with van der Waals surface area (Å²) < 4.78 is 52.0. The summed E-state index contributed by atoms with van der Waals surface area (Å²) in [5.74, 6) is 2.36. The number of nitrogens with zero attached hydrogens (tertiary/aromatic N) is 2. The van der Waals surface area contributed by atoms with Gasteiger partial charge in [0.2, 0.25) is 0 Å². The molecule has 6 nitrogen and oxygen atoms in total. The fraction of sp³-hybridized carbons (Fsp3) is 0.462. The fourth-order valence-corrected chi connectivity index (χ4v) is 7.14. The van der Waals surface area contributed by atoms with Gasteiger partial charge in [-0.2, -0.15) is 18.2 Å². The quantitative estimate of drug-likeness (QED) is 0.414. The zero-order valence-electron chi connectivity index (χ0n) is 20.1. The van der Waals surface area contributed by atoms with Crippen LogP contribution in [0.25, 0.3) is 10.1 Å². The molecule has 192 valence electrons. The van der Waals surface area contributed by atoms with Gasteiger partial charge in [0.25, 0.3) is 0 Å². The number of halogens is 3. The summed E-state index contributed by atoms with van der Waals surface area (Å²) in [5.41, 5.74) is 3.69. The molecule has 7 rings (SSSR count). The van der Waals surface area contributed by atoms with Crippen molar-refractivity contribution in [3.05, 3.63) is 52.9 Å². The van der Waals surface area contributed by atoms with Crippen LogP contribution >= 0.6 is 11.3 Å². The summed E-state index contributed by atoms with van der Waals surface area (Å²) in [6, 6.07) is 10.8. The zero-order valence-corrected chi connectivity index (χ0v) is 20.9. The Labute approximate surface area is 211 Å². The van der Waals surface area contributed by atoms with Crippen LogP contribution in [0.15, 0.2) is 41.8 Å². The molecule has 36 heavy (non-hydrogen) atoms. The van der Waals surface area contributed by atoms with Crippen LogP contribution in [-0.2, 0) is 17.6 Å². The molecular formula is C26H28F3N3O3S. The molecule has 2 bridgehead atoms. The van der Waals surface area contributed by atoms with Crippen LogP contribution in [0.2, 0.25) is 0 Å². The van der Waals surface area contributed by atoms with Crippen molar-refractivity contribution in [2.24, 2.45) is 11.8 Å². The number of ether oxygens (including phenoxy) is 2. The Morgan fingerprint density at radius 1 is 1.08 bits per heavy atom. The Morgan fingerprint density at radius 2 is 1.89 bits per heavy atom. The largest absolute Gasteiger partial charge is 0.497 e. The fourth-order valence-electron chi connectivity index (χ4n) is 6.14. The molecule has 10 heteroatoms. The van der Waals surface area contributed by atoms with Crippen molar-refractivity contribution in [2.75, 3.05) is 19.3 Å². The van der Waals surface area contributed by atoms with Crippen molar-refractivity contribution in [2.45, 2.75) is 50.6 Å². The molecular weight excluding hydrogens is 491 g/mol. The minimum atomic E-state index is -4.38. The molecule has 4 aliphatic rings. The van der Waals surface area contributed by atoms with Gasteiger partial charge >= 0.3 is 6.18 Å². The molecule has 1 unspecified atom stereocenters. The van der Waals surface area contributed by atoms with Crippen LogP contribution in [-0.4, -0.2) is 25.0 Å². The van der Waals surface area contributed by atoms with Crippen LogP contribution in [0.5, 0.6) is 11.5 Å². The summed E-state index contributed by atoms with van der Waals surface area (Å²) in [5, 5.41) is 5.46. The average Bonchev–Trinajstić information content (AvgIpc) is 3.46. The molecule has 0 amide bonds. The number of alkyl halides is 3. The van der Waals surface area contributed by atoms with E-state index in [1.807, 2.05) is 23.3 Å². The highest BCUT2D eigenvalue weighted by molar-refractivity contribution is 7.17. The third-order valence-electron chi connectivity index (χ3n) is 7.98. The number of fused-ring (bicyclic) bond motifs is 3. The van der Waals surface area contributed by atoms with Gasteiger partial charge in [-0.25, -0.2) is 5.12 Å². The van der Waals surface area contributed by atoms with E-state index in [1.54, 1.807) is 32.4 Å². The van der Waals surface area contributed by atoms with Crippen LogP contribution in [0, 0.1) is 11.8 Å². The van der Waals surface area contributed by atoms with E-state index in [9.17, 15) is 13.2 Å². The van der Waals surface area contributed by atoms with Gasteiger partial charge < -0.3 is 9.47 Å². The third kappa shape index (κ3) is 3.82. The number of hydrogen-bond acceptors (Lipinski definition) is 7. The number of rotatable bonds is 5. The lowest BCUT2D eigenvalue weighted by atomic mass is 9.65. The van der Waals surface area contributed by atoms with Gasteiger partial charge in [0.15, 0.2) is 5.72 Å². The molecule has 1 atom stereocenters. The zero-order chi connectivity index (χ0) is 25.1. The first-order valence-corrected chi connectivity index (χ1v) is 13.0. The summed E-state index contributed by atoms with van der Waals surface area (Å²) in [6.07, 6.45) is 1.12. The number of anilines is 1. The van der Waals surface area contributed by atoms with E-state index in [-0.39, 0.29) is 5.39 Å². The van der Waals surface area contributed by atoms with Crippen LogP contribution < -0.4 is 20.2 Å². The number of hydrazine groups is 2. The molecule has 3 aliphatic carbocycles. The van der Waals surface area contributed by atoms with Gasteiger partial charge in [-0.3, -0.25) is 4.84 Å². The minimum Gasteiger partial charge on any atom is -0.497 e. The topological polar surface area (TPSA) is 46.2 Å². The second kappa shape index (κ2) is 8.79. The molecule has 1 spiro atoms. The maximum absolute atomic E-state index is 13.4. The minimum absolute atomic E-state index is 0.214. The smallest absolute Gasteiger partial charge is 0.417 e. The monoisotopic (exact) mass is 519 g/mol. The van der Waals surface area contributed by atoms with Crippen molar-refractivity contribution in [1.29, 1.82) is 0 Å². The number of thiophene rings is 1. The molecule has 1 aromatic heterocycles.